The smallest absolute Gasteiger partial charge is 0.125 e. The van der Waals surface area contributed by atoms with Crippen molar-refractivity contribution >= 4 is 5.69 Å². The maximum absolute atomic E-state index is 13.3. The Hall–Kier alpha value is -1.09. The van der Waals surface area contributed by atoms with Gasteiger partial charge in [-0.3, -0.25) is 0 Å². The van der Waals surface area contributed by atoms with E-state index in [4.69, 9.17) is 0 Å². The Labute approximate surface area is 116 Å². The van der Waals surface area contributed by atoms with Crippen LogP contribution in [0.1, 0.15) is 32.6 Å². The molecule has 2 unspecified atom stereocenters. The van der Waals surface area contributed by atoms with Crippen LogP contribution in [0, 0.1) is 11.7 Å². The lowest BCUT2D eigenvalue weighted by Gasteiger charge is -2.35. The first-order chi connectivity index (χ1) is 9.20. The van der Waals surface area contributed by atoms with Gasteiger partial charge < -0.3 is 10.2 Å². The van der Waals surface area contributed by atoms with Crippen molar-refractivity contribution in [3.63, 3.8) is 0 Å². The highest BCUT2D eigenvalue weighted by atomic mass is 19.1. The summed E-state index contributed by atoms with van der Waals surface area (Å²) in [4.78, 5) is 2.18. The highest BCUT2D eigenvalue weighted by Gasteiger charge is 2.25. The number of rotatable bonds is 5. The highest BCUT2D eigenvalue weighted by Crippen LogP contribution is 2.26. The van der Waals surface area contributed by atoms with Crippen molar-refractivity contribution < 1.29 is 4.39 Å². The van der Waals surface area contributed by atoms with Crippen molar-refractivity contribution in [2.75, 3.05) is 25.0 Å². The fourth-order valence-corrected chi connectivity index (χ4v) is 3.13. The van der Waals surface area contributed by atoms with Crippen LogP contribution in [0.2, 0.25) is 0 Å². The summed E-state index contributed by atoms with van der Waals surface area (Å²) in [5.41, 5.74) is 0.973. The van der Waals surface area contributed by atoms with Crippen molar-refractivity contribution in [2.45, 2.75) is 38.6 Å². The summed E-state index contributed by atoms with van der Waals surface area (Å²) in [5.74, 6) is 0.512. The Morgan fingerprint density at radius 1 is 1.32 bits per heavy atom. The van der Waals surface area contributed by atoms with E-state index in [9.17, 15) is 4.39 Å². The molecule has 0 aliphatic heterocycles. The minimum Gasteiger partial charge on any atom is -0.374 e. The third-order valence-electron chi connectivity index (χ3n) is 4.13. The van der Waals surface area contributed by atoms with E-state index in [0.717, 1.165) is 18.8 Å². The molecule has 1 saturated carbocycles. The lowest BCUT2D eigenvalue weighted by atomic mass is 9.84. The van der Waals surface area contributed by atoms with E-state index in [-0.39, 0.29) is 5.82 Å². The second-order valence-corrected chi connectivity index (χ2v) is 5.57. The van der Waals surface area contributed by atoms with E-state index in [0.29, 0.717) is 12.0 Å². The minimum atomic E-state index is -0.156. The topological polar surface area (TPSA) is 15.3 Å². The zero-order valence-corrected chi connectivity index (χ0v) is 12.0. The molecule has 0 bridgehead atoms. The molecule has 19 heavy (non-hydrogen) atoms. The molecule has 0 heterocycles. The van der Waals surface area contributed by atoms with Crippen LogP contribution in [0.25, 0.3) is 0 Å². The molecule has 0 spiro atoms. The van der Waals surface area contributed by atoms with Crippen LogP contribution < -0.4 is 10.2 Å². The van der Waals surface area contributed by atoms with Crippen molar-refractivity contribution in [1.29, 1.82) is 0 Å². The van der Waals surface area contributed by atoms with Gasteiger partial charge in [0.25, 0.3) is 0 Å². The lowest BCUT2D eigenvalue weighted by molar-refractivity contribution is 0.269. The van der Waals surface area contributed by atoms with Crippen LogP contribution in [0.3, 0.4) is 0 Å². The normalized spacial score (nSPS) is 23.3. The van der Waals surface area contributed by atoms with Crippen molar-refractivity contribution in [3.05, 3.63) is 30.1 Å². The molecule has 0 aromatic heterocycles. The summed E-state index contributed by atoms with van der Waals surface area (Å²) >= 11 is 0. The molecule has 1 aliphatic carbocycles. The molecule has 2 atom stereocenters. The van der Waals surface area contributed by atoms with Crippen LogP contribution in [-0.2, 0) is 0 Å². The van der Waals surface area contributed by atoms with E-state index < -0.39 is 0 Å². The second-order valence-electron chi connectivity index (χ2n) is 5.57. The van der Waals surface area contributed by atoms with E-state index in [1.54, 1.807) is 12.1 Å². The monoisotopic (exact) mass is 264 g/mol. The first-order valence-electron chi connectivity index (χ1n) is 7.40. The molecule has 1 aliphatic rings. The van der Waals surface area contributed by atoms with Crippen LogP contribution in [-0.4, -0.2) is 26.2 Å². The standard InChI is InChI=1S/C16H25FN2/c1-3-18-16-10-5-4-7-13(16)12-19(2)15-9-6-8-14(17)11-15/h6,8-9,11,13,16,18H,3-5,7,10,12H2,1-2H3. The molecule has 0 amide bonds. The number of nitrogens with zero attached hydrogens (tertiary/aromatic N) is 1. The molecule has 2 nitrogen and oxygen atoms in total. The SMILES string of the molecule is CCNC1CCCCC1CN(C)c1cccc(F)c1. The van der Waals surface area contributed by atoms with Gasteiger partial charge in [-0.15, -0.1) is 0 Å². The molecule has 0 radical (unpaired) electrons. The predicted octanol–water partition coefficient (Wildman–Crippen LogP) is 3.43. The average molecular weight is 264 g/mol. The van der Waals surface area contributed by atoms with Crippen LogP contribution in [0.5, 0.6) is 0 Å². The maximum Gasteiger partial charge on any atom is 0.125 e. The van der Waals surface area contributed by atoms with Crippen molar-refractivity contribution in [3.8, 4) is 0 Å². The molecular formula is C16H25FN2. The number of benzene rings is 1. The number of hydrogen-bond donors (Lipinski definition) is 1. The summed E-state index contributed by atoms with van der Waals surface area (Å²) in [7, 11) is 2.06. The zero-order chi connectivity index (χ0) is 13.7. The summed E-state index contributed by atoms with van der Waals surface area (Å²) in [6.07, 6.45) is 5.20. The van der Waals surface area contributed by atoms with Gasteiger partial charge in [-0.05, 0) is 43.5 Å². The van der Waals surface area contributed by atoms with E-state index >= 15 is 0 Å². The molecule has 1 N–H and O–H groups in total. The van der Waals surface area contributed by atoms with Gasteiger partial charge in [-0.25, -0.2) is 4.39 Å². The van der Waals surface area contributed by atoms with E-state index in [1.807, 2.05) is 6.07 Å². The summed E-state index contributed by atoms with van der Waals surface area (Å²) in [5, 5.41) is 3.60. The second kappa shape index (κ2) is 6.90. The van der Waals surface area contributed by atoms with Crippen LogP contribution in [0.15, 0.2) is 24.3 Å². The van der Waals surface area contributed by atoms with Crippen LogP contribution in [0.4, 0.5) is 10.1 Å². The fraction of sp³-hybridized carbons (Fsp3) is 0.625. The van der Waals surface area contributed by atoms with Gasteiger partial charge in [0, 0.05) is 25.3 Å². The van der Waals surface area contributed by atoms with Gasteiger partial charge >= 0.3 is 0 Å². The predicted molar refractivity (Wildman–Crippen MR) is 79.1 cm³/mol. The average Bonchev–Trinajstić information content (AvgIpc) is 2.41. The Bertz CT molecular complexity index is 392. The fourth-order valence-electron chi connectivity index (χ4n) is 3.13. The van der Waals surface area contributed by atoms with Crippen molar-refractivity contribution in [2.24, 2.45) is 5.92 Å². The van der Waals surface area contributed by atoms with Crippen molar-refractivity contribution in [1.82, 2.24) is 5.32 Å². The molecule has 2 rings (SSSR count). The molecular weight excluding hydrogens is 239 g/mol. The Morgan fingerprint density at radius 3 is 2.84 bits per heavy atom. The zero-order valence-electron chi connectivity index (χ0n) is 12.0. The van der Waals surface area contributed by atoms with Crippen LogP contribution >= 0.6 is 0 Å². The van der Waals surface area contributed by atoms with Gasteiger partial charge in [-0.1, -0.05) is 25.8 Å². The number of hydrogen-bond acceptors (Lipinski definition) is 2. The maximum atomic E-state index is 13.3. The van der Waals surface area contributed by atoms with Gasteiger partial charge in [0.05, 0.1) is 0 Å². The first kappa shape index (κ1) is 14.3. The molecule has 106 valence electrons. The molecule has 1 fully saturated rings. The minimum absolute atomic E-state index is 0.156. The number of halogens is 1. The summed E-state index contributed by atoms with van der Waals surface area (Å²) < 4.78 is 13.3. The largest absolute Gasteiger partial charge is 0.374 e. The molecule has 3 heteroatoms. The van der Waals surface area contributed by atoms with Gasteiger partial charge in [0.1, 0.15) is 5.82 Å². The molecule has 0 saturated heterocycles. The van der Waals surface area contributed by atoms with E-state index in [2.05, 4.69) is 24.2 Å². The molecule has 1 aromatic carbocycles. The Kier molecular flexibility index (Phi) is 5.20. The number of anilines is 1. The van der Waals surface area contributed by atoms with E-state index in [1.165, 1.54) is 31.7 Å². The third-order valence-corrected chi connectivity index (χ3v) is 4.13. The van der Waals surface area contributed by atoms with Gasteiger partial charge in [0.2, 0.25) is 0 Å². The van der Waals surface area contributed by atoms with Gasteiger partial charge in [-0.2, -0.15) is 0 Å². The Balaban J connectivity index is 1.98. The number of nitrogens with one attached hydrogen (secondary N) is 1. The molecule has 1 aromatic rings. The highest BCUT2D eigenvalue weighted by molar-refractivity contribution is 5.45. The van der Waals surface area contributed by atoms with Gasteiger partial charge in [0.15, 0.2) is 0 Å². The first-order valence-corrected chi connectivity index (χ1v) is 7.40. The summed E-state index contributed by atoms with van der Waals surface area (Å²) in [6, 6.07) is 7.50. The lowest BCUT2D eigenvalue weighted by Crippen LogP contribution is -2.43. The Morgan fingerprint density at radius 2 is 2.11 bits per heavy atom. The quantitative estimate of drug-likeness (QED) is 0.876. The summed E-state index contributed by atoms with van der Waals surface area (Å²) in [6.45, 7) is 4.20. The third kappa shape index (κ3) is 3.93.